The van der Waals surface area contributed by atoms with Crippen molar-refractivity contribution in [1.82, 2.24) is 0 Å². The van der Waals surface area contributed by atoms with Gasteiger partial charge >= 0.3 is 14.5 Å². The standard InChI is InChI=1S/C24H54O6Si2/c1-9-13-14-15-18-21-29-32(25-8,31-22-19-16-17-20-23(5,6)7)30-24(26-10-2,27-11-3)28-12-4/h9-22,31H2,1-8H3. The van der Waals surface area contributed by atoms with Gasteiger partial charge in [-0.15, -0.1) is 0 Å². The van der Waals surface area contributed by atoms with Gasteiger partial charge in [0.1, 0.15) is 9.04 Å². The molecule has 0 fully saturated rings. The molecule has 0 aliphatic carbocycles. The Morgan fingerprint density at radius 3 is 1.78 bits per heavy atom. The topological polar surface area (TPSA) is 55.4 Å². The molecule has 0 radical (unpaired) electrons. The van der Waals surface area contributed by atoms with Gasteiger partial charge < -0.3 is 23.1 Å². The molecule has 0 spiro atoms. The lowest BCUT2D eigenvalue weighted by molar-refractivity contribution is -0.477. The van der Waals surface area contributed by atoms with Gasteiger partial charge in [0.2, 0.25) is 0 Å². The number of rotatable bonds is 22. The Kier molecular flexibility index (Phi) is 18.6. The van der Waals surface area contributed by atoms with Crippen molar-refractivity contribution in [2.45, 2.75) is 118 Å². The Balaban J connectivity index is 5.13. The van der Waals surface area contributed by atoms with E-state index < -0.39 is 23.5 Å². The first-order chi connectivity index (χ1) is 15.2. The van der Waals surface area contributed by atoms with Crippen LogP contribution in [0.3, 0.4) is 0 Å². The lowest BCUT2D eigenvalue weighted by Gasteiger charge is -2.38. The van der Waals surface area contributed by atoms with Crippen LogP contribution in [0.4, 0.5) is 0 Å². The molecule has 8 heteroatoms. The Hall–Kier alpha value is 0.194. The molecular weight excluding hydrogens is 440 g/mol. The van der Waals surface area contributed by atoms with Crippen molar-refractivity contribution >= 4 is 17.4 Å². The van der Waals surface area contributed by atoms with E-state index in [0.717, 1.165) is 12.5 Å². The van der Waals surface area contributed by atoms with Crippen LogP contribution in [0.2, 0.25) is 6.04 Å². The lowest BCUT2D eigenvalue weighted by atomic mass is 9.90. The molecule has 0 N–H and O–H groups in total. The van der Waals surface area contributed by atoms with Crippen LogP contribution >= 0.6 is 0 Å². The summed E-state index contributed by atoms with van der Waals surface area (Å²) in [6.07, 6.45) is 9.36. The second-order valence-electron chi connectivity index (χ2n) is 9.53. The van der Waals surface area contributed by atoms with Gasteiger partial charge in [-0.3, -0.25) is 4.43 Å². The van der Waals surface area contributed by atoms with Crippen LogP contribution in [0.5, 0.6) is 0 Å². The molecule has 0 amide bonds. The maximum Gasteiger partial charge on any atom is 0.467 e. The van der Waals surface area contributed by atoms with E-state index in [4.69, 9.17) is 27.5 Å². The molecule has 194 valence electrons. The van der Waals surface area contributed by atoms with Crippen LogP contribution in [0.1, 0.15) is 106 Å². The summed E-state index contributed by atoms with van der Waals surface area (Å²) in [4.78, 5) is 0. The summed E-state index contributed by atoms with van der Waals surface area (Å²) in [5.74, 6) is 0. The van der Waals surface area contributed by atoms with Crippen molar-refractivity contribution in [3.63, 3.8) is 0 Å². The molecule has 0 heterocycles. The van der Waals surface area contributed by atoms with Gasteiger partial charge in [-0.1, -0.05) is 78.7 Å². The van der Waals surface area contributed by atoms with E-state index in [9.17, 15) is 0 Å². The average Bonchev–Trinajstić information content (AvgIpc) is 2.72. The van der Waals surface area contributed by atoms with Crippen LogP contribution in [0, 0.1) is 5.41 Å². The monoisotopic (exact) mass is 494 g/mol. The number of unbranched alkanes of at least 4 members (excludes halogenated alkanes) is 6. The first-order valence-corrected chi connectivity index (χ1v) is 18.1. The van der Waals surface area contributed by atoms with Crippen LogP contribution < -0.4 is 0 Å². The Bertz CT molecular complexity index is 416. The second kappa shape index (κ2) is 18.5. The fraction of sp³-hybridized carbons (Fsp3) is 1.00. The highest BCUT2D eigenvalue weighted by Crippen LogP contribution is 2.26. The molecule has 1 atom stereocenters. The van der Waals surface area contributed by atoms with Gasteiger partial charge in [-0.25, -0.2) is 0 Å². The fourth-order valence-corrected chi connectivity index (χ4v) is 10.7. The summed E-state index contributed by atoms with van der Waals surface area (Å²) in [6.45, 7) is 16.8. The van der Waals surface area contributed by atoms with Crippen LogP contribution in [0.25, 0.3) is 0 Å². The van der Waals surface area contributed by atoms with E-state index in [1.165, 1.54) is 51.4 Å². The van der Waals surface area contributed by atoms with Crippen molar-refractivity contribution in [2.24, 2.45) is 5.41 Å². The molecule has 0 aliphatic heterocycles. The van der Waals surface area contributed by atoms with Crippen LogP contribution in [-0.4, -0.2) is 57.1 Å². The predicted molar refractivity (Wildman–Crippen MR) is 137 cm³/mol. The zero-order valence-corrected chi connectivity index (χ0v) is 25.0. The smallest absolute Gasteiger partial charge is 0.380 e. The molecule has 0 aromatic carbocycles. The molecule has 0 saturated heterocycles. The highest BCUT2D eigenvalue weighted by atomic mass is 29.2. The first-order valence-electron chi connectivity index (χ1n) is 13.0. The lowest BCUT2D eigenvalue weighted by Crippen LogP contribution is -2.60. The molecule has 6 nitrogen and oxygen atoms in total. The Morgan fingerprint density at radius 1 is 0.719 bits per heavy atom. The highest BCUT2D eigenvalue weighted by Gasteiger charge is 2.50. The second-order valence-corrected chi connectivity index (χ2v) is 17.1. The van der Waals surface area contributed by atoms with E-state index in [1.807, 2.05) is 20.8 Å². The highest BCUT2D eigenvalue weighted by molar-refractivity contribution is 7.14. The summed E-state index contributed by atoms with van der Waals surface area (Å²) >= 11 is 0. The third-order valence-electron chi connectivity index (χ3n) is 5.28. The minimum absolute atomic E-state index is 0.401. The van der Waals surface area contributed by atoms with Crippen LogP contribution in [-0.2, 0) is 27.5 Å². The maximum absolute atomic E-state index is 6.47. The zero-order valence-electron chi connectivity index (χ0n) is 22.6. The third-order valence-corrected chi connectivity index (χ3v) is 13.4. The van der Waals surface area contributed by atoms with Gasteiger partial charge in [-0.05, 0) is 39.0 Å². The summed E-state index contributed by atoms with van der Waals surface area (Å²) in [7, 11) is -1.99. The summed E-state index contributed by atoms with van der Waals surface area (Å²) in [6, 6.07) is 1.13. The van der Waals surface area contributed by atoms with Crippen molar-refractivity contribution in [2.75, 3.05) is 33.5 Å². The fourth-order valence-electron chi connectivity index (χ4n) is 3.57. The molecule has 0 aliphatic rings. The quantitative estimate of drug-likeness (QED) is 0.105. The van der Waals surface area contributed by atoms with Crippen molar-refractivity contribution in [1.29, 1.82) is 0 Å². The molecule has 0 saturated carbocycles. The molecule has 1 unspecified atom stereocenters. The van der Waals surface area contributed by atoms with Gasteiger partial charge in [0.05, 0.1) is 19.8 Å². The van der Waals surface area contributed by atoms with Crippen molar-refractivity contribution in [3.8, 4) is 0 Å². The third kappa shape index (κ3) is 15.2. The van der Waals surface area contributed by atoms with Gasteiger partial charge in [0.15, 0.2) is 0 Å². The zero-order chi connectivity index (χ0) is 24.3. The molecule has 32 heavy (non-hydrogen) atoms. The van der Waals surface area contributed by atoms with Gasteiger partial charge in [0.25, 0.3) is 0 Å². The molecule has 0 rings (SSSR count). The van der Waals surface area contributed by atoms with E-state index >= 15 is 0 Å². The number of hydrogen-bond acceptors (Lipinski definition) is 6. The largest absolute Gasteiger partial charge is 0.467 e. The molecule has 0 aromatic heterocycles. The molecular formula is C24H54O6Si2. The summed E-state index contributed by atoms with van der Waals surface area (Å²) in [5.41, 5.74) is 0.401. The predicted octanol–water partition coefficient (Wildman–Crippen LogP) is 5.99. The Labute approximate surface area is 202 Å². The van der Waals surface area contributed by atoms with Gasteiger partial charge in [0, 0.05) is 13.7 Å². The summed E-state index contributed by atoms with van der Waals surface area (Å²) in [5, 5.41) is 0. The number of hydrogen-bond donors (Lipinski definition) is 0. The maximum atomic E-state index is 6.47. The molecule has 0 bridgehead atoms. The number of ether oxygens (including phenoxy) is 3. The van der Waals surface area contributed by atoms with E-state index in [0.29, 0.717) is 31.8 Å². The molecule has 0 aromatic rings. The van der Waals surface area contributed by atoms with E-state index in [2.05, 4.69) is 27.7 Å². The average molecular weight is 495 g/mol. The van der Waals surface area contributed by atoms with Crippen LogP contribution in [0.15, 0.2) is 0 Å². The SMILES string of the molecule is CCCCCCCO[Si](OC)(OC(OCC)(OCC)OCC)[SiH2]CCCCCC(C)(C)C. The van der Waals surface area contributed by atoms with Crippen molar-refractivity contribution < 1.29 is 27.5 Å². The van der Waals surface area contributed by atoms with E-state index in [-0.39, 0.29) is 0 Å². The minimum Gasteiger partial charge on any atom is -0.380 e. The van der Waals surface area contributed by atoms with Gasteiger partial charge in [-0.2, -0.15) is 0 Å². The van der Waals surface area contributed by atoms with E-state index in [1.54, 1.807) is 7.11 Å². The first kappa shape index (κ1) is 32.2. The normalized spacial score (nSPS) is 15.0. The minimum atomic E-state index is -2.92. The summed E-state index contributed by atoms with van der Waals surface area (Å²) < 4.78 is 36.5. The Morgan fingerprint density at radius 2 is 1.28 bits per heavy atom. The van der Waals surface area contributed by atoms with Crippen molar-refractivity contribution in [3.05, 3.63) is 0 Å².